The van der Waals surface area contributed by atoms with Crippen molar-refractivity contribution in [3.63, 3.8) is 0 Å². The highest BCUT2D eigenvalue weighted by atomic mass is 16.3. The van der Waals surface area contributed by atoms with Gasteiger partial charge in [-0.3, -0.25) is 4.79 Å². The Bertz CT molecular complexity index is 949. The summed E-state index contributed by atoms with van der Waals surface area (Å²) in [7, 11) is 0. The van der Waals surface area contributed by atoms with Crippen LogP contribution in [0.4, 0.5) is 0 Å². The molecule has 0 aliphatic heterocycles. The molecule has 3 nitrogen and oxygen atoms in total. The Hall–Kier alpha value is -2.55. The van der Waals surface area contributed by atoms with E-state index in [2.05, 4.69) is 0 Å². The molecule has 0 saturated carbocycles. The van der Waals surface area contributed by atoms with E-state index in [9.17, 15) is 9.90 Å². The topological polar surface area (TPSA) is 50.4 Å². The molecule has 0 radical (unpaired) electrons. The molecule has 22 heavy (non-hydrogen) atoms. The molecule has 0 spiro atoms. The average Bonchev–Trinajstić information content (AvgIpc) is 2.47. The number of fused-ring (bicyclic) bond motifs is 1. The van der Waals surface area contributed by atoms with E-state index in [0.29, 0.717) is 16.9 Å². The molecule has 1 aromatic heterocycles. The lowest BCUT2D eigenvalue weighted by Crippen LogP contribution is -2.02. The molecular formula is C19H18O3. The molecule has 0 amide bonds. The summed E-state index contributed by atoms with van der Waals surface area (Å²) >= 11 is 0. The van der Waals surface area contributed by atoms with Gasteiger partial charge in [-0.2, -0.15) is 0 Å². The summed E-state index contributed by atoms with van der Waals surface area (Å²) in [5, 5.41) is 10.4. The monoisotopic (exact) mass is 294 g/mol. The quantitative estimate of drug-likeness (QED) is 0.723. The van der Waals surface area contributed by atoms with Crippen LogP contribution in [0.5, 0.6) is 5.75 Å². The van der Waals surface area contributed by atoms with Crippen molar-refractivity contribution in [2.75, 3.05) is 0 Å². The van der Waals surface area contributed by atoms with Gasteiger partial charge in [-0.15, -0.1) is 0 Å². The Balaban J connectivity index is 2.31. The Labute approximate surface area is 128 Å². The molecule has 1 N–H and O–H groups in total. The van der Waals surface area contributed by atoms with E-state index in [1.54, 1.807) is 13.0 Å². The van der Waals surface area contributed by atoms with Crippen molar-refractivity contribution in [1.29, 1.82) is 0 Å². The van der Waals surface area contributed by atoms with Crippen LogP contribution >= 0.6 is 0 Å². The van der Waals surface area contributed by atoms with Crippen molar-refractivity contribution in [2.45, 2.75) is 27.7 Å². The first-order chi connectivity index (χ1) is 10.4. The minimum atomic E-state index is -0.227. The van der Waals surface area contributed by atoms with E-state index in [1.807, 2.05) is 39.0 Å². The molecular weight excluding hydrogens is 276 g/mol. The van der Waals surface area contributed by atoms with Crippen molar-refractivity contribution >= 4 is 11.0 Å². The largest absolute Gasteiger partial charge is 0.507 e. The van der Waals surface area contributed by atoms with Gasteiger partial charge in [0.1, 0.15) is 22.5 Å². The smallest absolute Gasteiger partial charge is 0.197 e. The van der Waals surface area contributed by atoms with Crippen molar-refractivity contribution in [1.82, 2.24) is 0 Å². The van der Waals surface area contributed by atoms with E-state index in [-0.39, 0.29) is 16.6 Å². The minimum absolute atomic E-state index is 0.00962. The molecule has 0 unspecified atom stereocenters. The maximum absolute atomic E-state index is 12.4. The summed E-state index contributed by atoms with van der Waals surface area (Å²) in [5.41, 5.74) is 4.99. The summed E-state index contributed by atoms with van der Waals surface area (Å²) in [6.07, 6.45) is 0. The zero-order chi connectivity index (χ0) is 16.0. The van der Waals surface area contributed by atoms with E-state index >= 15 is 0 Å². The number of rotatable bonds is 1. The van der Waals surface area contributed by atoms with Gasteiger partial charge in [0, 0.05) is 11.6 Å². The van der Waals surface area contributed by atoms with E-state index in [0.717, 1.165) is 16.7 Å². The fourth-order valence-electron chi connectivity index (χ4n) is 2.56. The molecule has 0 atom stereocenters. The summed E-state index contributed by atoms with van der Waals surface area (Å²) < 4.78 is 5.88. The first-order valence-electron chi connectivity index (χ1n) is 7.23. The van der Waals surface area contributed by atoms with E-state index in [4.69, 9.17) is 4.42 Å². The van der Waals surface area contributed by atoms with E-state index in [1.165, 1.54) is 11.6 Å². The third-order valence-electron chi connectivity index (χ3n) is 4.30. The van der Waals surface area contributed by atoms with Gasteiger partial charge in [0.2, 0.25) is 0 Å². The summed E-state index contributed by atoms with van der Waals surface area (Å²) in [5.74, 6) is 0.527. The molecule has 0 fully saturated rings. The van der Waals surface area contributed by atoms with Gasteiger partial charge in [-0.1, -0.05) is 12.1 Å². The van der Waals surface area contributed by atoms with Gasteiger partial charge in [-0.05, 0) is 62.1 Å². The van der Waals surface area contributed by atoms with Crippen molar-refractivity contribution in [3.8, 4) is 17.1 Å². The number of phenols is 1. The van der Waals surface area contributed by atoms with Crippen LogP contribution in [-0.2, 0) is 0 Å². The lowest BCUT2D eigenvalue weighted by Gasteiger charge is -2.09. The van der Waals surface area contributed by atoms with Crippen LogP contribution in [0.25, 0.3) is 22.3 Å². The van der Waals surface area contributed by atoms with Crippen LogP contribution in [0.2, 0.25) is 0 Å². The highest BCUT2D eigenvalue weighted by molar-refractivity contribution is 5.86. The second-order valence-corrected chi connectivity index (χ2v) is 5.81. The molecule has 3 aromatic rings. The number of hydrogen-bond donors (Lipinski definition) is 1. The van der Waals surface area contributed by atoms with Crippen LogP contribution in [0.1, 0.15) is 22.3 Å². The molecule has 1 heterocycles. The van der Waals surface area contributed by atoms with Gasteiger partial charge in [0.05, 0.1) is 0 Å². The Morgan fingerprint density at radius 1 is 0.909 bits per heavy atom. The summed E-state index contributed by atoms with van der Waals surface area (Å²) in [4.78, 5) is 12.4. The lowest BCUT2D eigenvalue weighted by atomic mass is 10.0. The SMILES string of the molecule is Cc1ccc(-c2cc(=O)c3c(O)c(C)c(C)cc3o2)cc1C. The number of hydrogen-bond acceptors (Lipinski definition) is 3. The third kappa shape index (κ3) is 2.19. The van der Waals surface area contributed by atoms with Gasteiger partial charge < -0.3 is 9.52 Å². The fourth-order valence-corrected chi connectivity index (χ4v) is 2.56. The second kappa shape index (κ2) is 5.02. The normalized spacial score (nSPS) is 11.1. The van der Waals surface area contributed by atoms with Crippen LogP contribution in [0.15, 0.2) is 39.5 Å². The minimum Gasteiger partial charge on any atom is -0.507 e. The second-order valence-electron chi connectivity index (χ2n) is 5.81. The highest BCUT2D eigenvalue weighted by Gasteiger charge is 2.14. The molecule has 0 saturated heterocycles. The first-order valence-corrected chi connectivity index (χ1v) is 7.23. The maximum Gasteiger partial charge on any atom is 0.197 e. The summed E-state index contributed by atoms with van der Waals surface area (Å²) in [6.45, 7) is 7.75. The van der Waals surface area contributed by atoms with E-state index < -0.39 is 0 Å². The van der Waals surface area contributed by atoms with Crippen LogP contribution in [0.3, 0.4) is 0 Å². The lowest BCUT2D eigenvalue weighted by molar-refractivity contribution is 0.475. The predicted molar refractivity (Wildman–Crippen MR) is 88.5 cm³/mol. The molecule has 2 aromatic carbocycles. The predicted octanol–water partition coefficient (Wildman–Crippen LogP) is 4.40. The standard InChI is InChI=1S/C19H18O3/c1-10-5-6-14(7-11(10)2)16-9-15(20)18-17(22-16)8-12(3)13(4)19(18)21/h5-9,21H,1-4H3. The molecule has 0 aliphatic rings. The zero-order valence-corrected chi connectivity index (χ0v) is 13.2. The molecule has 3 heteroatoms. The number of benzene rings is 2. The van der Waals surface area contributed by atoms with Gasteiger partial charge in [-0.25, -0.2) is 0 Å². The Morgan fingerprint density at radius 3 is 2.32 bits per heavy atom. The molecule has 0 bridgehead atoms. The van der Waals surface area contributed by atoms with Crippen LogP contribution < -0.4 is 5.43 Å². The molecule has 112 valence electrons. The van der Waals surface area contributed by atoms with Gasteiger partial charge in [0.25, 0.3) is 0 Å². The van der Waals surface area contributed by atoms with Gasteiger partial charge >= 0.3 is 0 Å². The average molecular weight is 294 g/mol. The Morgan fingerprint density at radius 2 is 1.64 bits per heavy atom. The maximum atomic E-state index is 12.4. The molecule has 3 rings (SSSR count). The van der Waals surface area contributed by atoms with Crippen molar-refractivity contribution < 1.29 is 9.52 Å². The van der Waals surface area contributed by atoms with Crippen LogP contribution in [0, 0.1) is 27.7 Å². The van der Waals surface area contributed by atoms with Gasteiger partial charge in [0.15, 0.2) is 5.43 Å². The highest BCUT2D eigenvalue weighted by Crippen LogP contribution is 2.31. The summed E-state index contributed by atoms with van der Waals surface area (Å²) in [6, 6.07) is 9.19. The number of phenolic OH excluding ortho intramolecular Hbond substituents is 1. The number of aryl methyl sites for hydroxylation is 3. The zero-order valence-electron chi connectivity index (χ0n) is 13.2. The van der Waals surface area contributed by atoms with Crippen LogP contribution in [-0.4, -0.2) is 5.11 Å². The molecule has 0 aliphatic carbocycles. The van der Waals surface area contributed by atoms with Crippen molar-refractivity contribution in [2.24, 2.45) is 0 Å². The fraction of sp³-hybridized carbons (Fsp3) is 0.211. The first kappa shape index (κ1) is 14.4. The number of aromatic hydroxyl groups is 1. The Kier molecular flexibility index (Phi) is 3.28. The van der Waals surface area contributed by atoms with Crippen molar-refractivity contribution in [3.05, 3.63) is 62.8 Å². The third-order valence-corrected chi connectivity index (χ3v) is 4.30.